The predicted octanol–water partition coefficient (Wildman–Crippen LogP) is 29.8. The molecule has 0 amide bonds. The second kappa shape index (κ2) is 36.6. The van der Waals surface area contributed by atoms with Crippen molar-refractivity contribution in [1.82, 2.24) is 19.9 Å². The first-order valence-electron chi connectivity index (χ1n) is 38.8. The maximum absolute atomic E-state index is 13.8. The molecule has 14 heteroatoms. The summed E-state index contributed by atoms with van der Waals surface area (Å²) in [7, 11) is 0. The van der Waals surface area contributed by atoms with E-state index in [1.807, 2.05) is 152 Å². The Morgan fingerprint density at radius 1 is 0.221 bits per heavy atom. The average Bonchev–Trinajstić information content (AvgIpc) is 0.767. The summed E-state index contributed by atoms with van der Waals surface area (Å²) in [6.45, 7) is 4.17. The van der Waals surface area contributed by atoms with Crippen LogP contribution in [0.15, 0.2) is 377 Å². The van der Waals surface area contributed by atoms with Crippen LogP contribution < -0.4 is 0 Å². The van der Waals surface area contributed by atoms with Crippen molar-refractivity contribution in [3.8, 4) is 179 Å². The molecule has 0 aliphatic heterocycles. The van der Waals surface area contributed by atoms with Crippen molar-refractivity contribution in [3.63, 3.8) is 0 Å². The molecule has 4 nitrogen and oxygen atoms in total. The predicted molar refractivity (Wildman–Crippen MR) is 466 cm³/mol. The van der Waals surface area contributed by atoms with Gasteiger partial charge in [0.15, 0.2) is 0 Å². The van der Waals surface area contributed by atoms with Gasteiger partial charge in [-0.15, -0.1) is 119 Å². The van der Waals surface area contributed by atoms with Crippen molar-refractivity contribution < 1.29 is 75.3 Å². The smallest absolute Gasteiger partial charge is 0.304 e. The molecule has 0 aliphatic rings. The fourth-order valence-electron chi connectivity index (χ4n) is 15.3. The van der Waals surface area contributed by atoms with E-state index in [2.05, 4.69) is 184 Å². The average molecular weight is 1960 g/mol. The van der Waals surface area contributed by atoms with E-state index in [0.717, 1.165) is 169 Å². The molecule has 0 aliphatic carbocycles. The first-order valence-corrected chi connectivity index (χ1v) is 38.8. The van der Waals surface area contributed by atoms with Crippen LogP contribution in [0.2, 0.25) is 0 Å². The van der Waals surface area contributed by atoms with Crippen molar-refractivity contribution in [2.45, 2.75) is 26.2 Å². The van der Waals surface area contributed by atoms with Crippen LogP contribution in [-0.4, -0.2) is 19.9 Å². The van der Waals surface area contributed by atoms with Gasteiger partial charge in [0.05, 0.1) is 0 Å². The van der Waals surface area contributed by atoms with Gasteiger partial charge in [-0.3, -0.25) is 8.78 Å². The Bertz CT molecular complexity index is 6730. The summed E-state index contributed by atoms with van der Waals surface area (Å²) in [5, 5.41) is 0. The number of aromatic nitrogens is 4. The van der Waals surface area contributed by atoms with E-state index in [1.165, 1.54) is 36.4 Å². The second-order valence-electron chi connectivity index (χ2n) is 29.2. The largest absolute Gasteiger partial charge is 0.399 e. The van der Waals surface area contributed by atoms with Gasteiger partial charge in [-0.1, -0.05) is 267 Å². The van der Waals surface area contributed by atoms with E-state index in [1.54, 1.807) is 18.3 Å². The SMILES string of the molecule is Cc1cc(-c2ccccc2-c2ccc(-c3[c-]cc(F)cc3)nc2)cc(-c2ccccc2-c2cnc(-c3[c-]cc(C(F)(F)F)cc3)cc2-c2ccc(-c3ccccc3)cc2)c1.Cc1cc(-c2ccccc2-c2ccc(-c3[c-]cc(F)cc3)nc2)cc(-c2ccccc2-c2cnc(-c3[c-]ccc(C(F)(F)F)c3)cc2-c2ccc(-c3ccccc3)cc2)c1.[Ir].[Ir]. The van der Waals surface area contributed by atoms with Gasteiger partial charge in [0.25, 0.3) is 0 Å². The minimum absolute atomic E-state index is 0. The molecule has 14 aromatic carbocycles. The number of aryl methyl sites for hydroxylation is 2. The minimum atomic E-state index is -4.50. The van der Waals surface area contributed by atoms with Crippen LogP contribution in [0.4, 0.5) is 35.1 Å². The van der Waals surface area contributed by atoms with Gasteiger partial charge >= 0.3 is 12.4 Å². The van der Waals surface area contributed by atoms with Crippen molar-refractivity contribution in [2.24, 2.45) is 0 Å². The van der Waals surface area contributed by atoms with Crippen LogP contribution in [0, 0.1) is 49.7 Å². The summed E-state index contributed by atoms with van der Waals surface area (Å²) in [5.74, 6) is -0.690. The molecule has 18 rings (SSSR count). The molecule has 0 saturated carbocycles. The maximum atomic E-state index is 13.8. The standard InChI is InChI=1S/2C54H34F4N2.2Ir/c1-35-28-42(47-15-6-5-14-46(47)41-24-27-52(59-33-41)39-22-25-45(55)26-23-39)30-43(29-35)48-16-7-8-17-49(48)51-34-60-53(40-12-9-13-44(31-40)54(56,57)58)32-50(51)38-20-18-37(19-21-38)36-10-3-2-4-11-36;1-35-29-42(47-12-6-5-11-46(47)41-23-28-52(59-33-41)39-21-26-45(55)27-22-39)31-43(30-35)48-13-7-8-14-49(48)51-34-60-53(40-19-24-44(25-20-40)54(56,57)58)32-50(51)38-17-15-37(16-18-38)36-9-3-2-4-10-36;;/h2-11,13-22,24-34H,1H3;2-19,21,23-34H,1H3;;/q2*-2;;. The van der Waals surface area contributed by atoms with Crippen LogP contribution in [0.1, 0.15) is 22.3 Å². The van der Waals surface area contributed by atoms with E-state index in [4.69, 9.17) is 19.9 Å². The first-order chi connectivity index (χ1) is 58.3. The number of hydrogen-bond donors (Lipinski definition) is 0. The zero-order valence-electron chi connectivity index (χ0n) is 65.3. The van der Waals surface area contributed by atoms with Gasteiger partial charge in [0.1, 0.15) is 0 Å². The Labute approximate surface area is 729 Å². The normalized spacial score (nSPS) is 11.2. The molecule has 598 valence electrons. The molecule has 0 fully saturated rings. The van der Waals surface area contributed by atoms with E-state index < -0.39 is 23.5 Å². The van der Waals surface area contributed by atoms with Gasteiger partial charge in [0, 0.05) is 87.8 Å². The molecule has 0 atom stereocenters. The van der Waals surface area contributed by atoms with Crippen molar-refractivity contribution >= 4 is 0 Å². The van der Waals surface area contributed by atoms with Gasteiger partial charge in [0.2, 0.25) is 0 Å². The molecule has 122 heavy (non-hydrogen) atoms. The molecule has 4 aromatic heterocycles. The minimum Gasteiger partial charge on any atom is -0.304 e. The Morgan fingerprint density at radius 2 is 0.541 bits per heavy atom. The van der Waals surface area contributed by atoms with Gasteiger partial charge in [-0.25, -0.2) is 0 Å². The number of halogens is 8. The van der Waals surface area contributed by atoms with Gasteiger partial charge in [-0.05, 0) is 193 Å². The van der Waals surface area contributed by atoms with Crippen LogP contribution in [-0.2, 0) is 52.6 Å². The van der Waals surface area contributed by atoms with Crippen molar-refractivity contribution in [2.75, 3.05) is 0 Å². The first kappa shape index (κ1) is 83.5. The second-order valence-corrected chi connectivity index (χ2v) is 29.2. The van der Waals surface area contributed by atoms with Crippen molar-refractivity contribution in [1.29, 1.82) is 0 Å². The summed E-state index contributed by atoms with van der Waals surface area (Å²) in [6.07, 6.45) is -1.73. The molecule has 0 unspecified atom stereocenters. The van der Waals surface area contributed by atoms with Crippen LogP contribution in [0.5, 0.6) is 0 Å². The number of alkyl halides is 6. The molecule has 0 N–H and O–H groups in total. The Kier molecular flexibility index (Phi) is 25.0. The zero-order valence-corrected chi connectivity index (χ0v) is 70.1. The Hall–Kier alpha value is -13.6. The van der Waals surface area contributed by atoms with Crippen molar-refractivity contribution in [3.05, 3.63) is 435 Å². The summed E-state index contributed by atoms with van der Waals surface area (Å²) in [4.78, 5) is 19.0. The molecular weight excluding hydrogens is 1890 g/mol. The van der Waals surface area contributed by atoms with E-state index >= 15 is 0 Å². The zero-order chi connectivity index (χ0) is 82.4. The third kappa shape index (κ3) is 18.6. The maximum Gasteiger partial charge on any atom is 0.399 e. The van der Waals surface area contributed by atoms with Gasteiger partial charge in [-0.2, -0.15) is 26.3 Å². The Morgan fingerprint density at radius 3 is 0.902 bits per heavy atom. The molecule has 4 heterocycles. The number of hydrogen-bond acceptors (Lipinski definition) is 4. The van der Waals surface area contributed by atoms with E-state index in [-0.39, 0.29) is 57.4 Å². The number of pyridine rings is 4. The summed E-state index contributed by atoms with van der Waals surface area (Å²) in [5.41, 5.74) is 28.5. The summed E-state index contributed by atoms with van der Waals surface area (Å²) in [6, 6.07) is 122. The number of rotatable bonds is 16. The number of nitrogens with zero attached hydrogens (tertiary/aromatic N) is 4. The summed E-state index contributed by atoms with van der Waals surface area (Å²) >= 11 is 0. The molecule has 0 spiro atoms. The molecule has 0 bridgehead atoms. The van der Waals surface area contributed by atoms with Crippen LogP contribution in [0.3, 0.4) is 0 Å². The molecule has 18 aromatic rings. The Balaban J connectivity index is 0.000000186. The third-order valence-corrected chi connectivity index (χ3v) is 21.2. The van der Waals surface area contributed by atoms with E-state index in [0.29, 0.717) is 39.5 Å². The monoisotopic (exact) mass is 1960 g/mol. The number of benzene rings is 14. The quantitative estimate of drug-likeness (QED) is 0.0715. The van der Waals surface area contributed by atoms with Crippen LogP contribution in [0.25, 0.3) is 179 Å². The topological polar surface area (TPSA) is 51.6 Å². The molecular formula is C108H68F8Ir2N4-4. The fraction of sp³-hybridized carbons (Fsp3) is 0.0370. The molecule has 0 saturated heterocycles. The van der Waals surface area contributed by atoms with Crippen LogP contribution >= 0.6 is 0 Å². The summed E-state index contributed by atoms with van der Waals surface area (Å²) < 4.78 is 109. The molecule has 2 radical (unpaired) electrons. The fourth-order valence-corrected chi connectivity index (χ4v) is 15.3. The van der Waals surface area contributed by atoms with Gasteiger partial charge < -0.3 is 19.9 Å². The van der Waals surface area contributed by atoms with E-state index in [9.17, 15) is 35.1 Å². The third-order valence-electron chi connectivity index (χ3n) is 21.2.